The zero-order valence-corrected chi connectivity index (χ0v) is 24.1. The molecular formula is C39H30N4. The SMILES string of the molecule is C[C@@H]1C(C#N)=C(C#N)C(n2c3c(c4c2C=CCC4)CCC=C3)=CC1c1ccccc1-n1c2ccccc2c2ccccc21. The standard InChI is InChI=1S/C39H30N4/c1-25-31(30-16-6-11-21-38(30)42-34-17-7-2-12-26(34)27-13-3-8-18-35(27)42)22-39(33(24-41)32(25)23-40)43-36-19-9-4-14-28(36)29-15-5-10-20-37(29)43/h2-3,6-13,16-22,25,31H,4-5,14-15H2,1H3/t25-,31?/m0/s1. The minimum atomic E-state index is -0.161. The first-order chi connectivity index (χ1) is 21.2. The molecule has 2 aromatic heterocycles. The van der Waals surface area contributed by atoms with E-state index in [4.69, 9.17) is 0 Å². The van der Waals surface area contributed by atoms with Crippen molar-refractivity contribution in [3.8, 4) is 17.8 Å². The zero-order chi connectivity index (χ0) is 29.1. The summed E-state index contributed by atoms with van der Waals surface area (Å²) in [5.74, 6) is -0.266. The number of hydrogen-bond acceptors (Lipinski definition) is 2. The normalized spacial score (nSPS) is 19.2. The van der Waals surface area contributed by atoms with Crippen molar-refractivity contribution in [3.63, 3.8) is 0 Å². The molecule has 3 aliphatic carbocycles. The van der Waals surface area contributed by atoms with Crippen molar-refractivity contribution < 1.29 is 0 Å². The van der Waals surface area contributed by atoms with E-state index < -0.39 is 0 Å². The lowest BCUT2D eigenvalue weighted by atomic mass is 9.75. The van der Waals surface area contributed by atoms with Gasteiger partial charge in [0.25, 0.3) is 0 Å². The number of fused-ring (bicyclic) bond motifs is 6. The molecule has 3 aliphatic rings. The molecule has 43 heavy (non-hydrogen) atoms. The summed E-state index contributed by atoms with van der Waals surface area (Å²) in [6.45, 7) is 2.09. The predicted molar refractivity (Wildman–Crippen MR) is 174 cm³/mol. The average Bonchev–Trinajstić information content (AvgIpc) is 3.58. The van der Waals surface area contributed by atoms with Crippen molar-refractivity contribution in [2.24, 2.45) is 5.92 Å². The summed E-state index contributed by atoms with van der Waals surface area (Å²) in [5.41, 5.74) is 11.5. The second-order valence-corrected chi connectivity index (χ2v) is 11.8. The van der Waals surface area contributed by atoms with Crippen LogP contribution in [0.25, 0.3) is 45.3 Å². The van der Waals surface area contributed by atoms with E-state index in [2.05, 4.69) is 131 Å². The van der Waals surface area contributed by atoms with Crippen molar-refractivity contribution in [1.29, 1.82) is 10.5 Å². The maximum absolute atomic E-state index is 10.5. The fourth-order valence-corrected chi connectivity index (χ4v) is 7.64. The lowest BCUT2D eigenvalue weighted by molar-refractivity contribution is 0.607. The number of para-hydroxylation sites is 3. The Morgan fingerprint density at radius 3 is 1.88 bits per heavy atom. The minimum absolute atomic E-state index is 0.105. The van der Waals surface area contributed by atoms with Crippen molar-refractivity contribution >= 4 is 39.7 Å². The van der Waals surface area contributed by atoms with Gasteiger partial charge in [-0.2, -0.15) is 10.5 Å². The Morgan fingerprint density at radius 2 is 1.28 bits per heavy atom. The van der Waals surface area contributed by atoms with Gasteiger partial charge >= 0.3 is 0 Å². The van der Waals surface area contributed by atoms with Crippen LogP contribution in [-0.2, 0) is 12.8 Å². The van der Waals surface area contributed by atoms with Crippen LogP contribution >= 0.6 is 0 Å². The molecule has 0 radical (unpaired) electrons. The van der Waals surface area contributed by atoms with E-state index in [9.17, 15) is 10.5 Å². The van der Waals surface area contributed by atoms with Gasteiger partial charge in [-0.05, 0) is 72.7 Å². The third kappa shape index (κ3) is 3.67. The van der Waals surface area contributed by atoms with Gasteiger partial charge in [0.2, 0.25) is 0 Å². The molecule has 0 aliphatic heterocycles. The number of aromatic nitrogens is 2. The highest BCUT2D eigenvalue weighted by atomic mass is 15.0. The third-order valence-electron chi connectivity index (χ3n) is 9.58. The Labute approximate surface area is 251 Å². The van der Waals surface area contributed by atoms with Gasteiger partial charge in [-0.25, -0.2) is 0 Å². The zero-order valence-electron chi connectivity index (χ0n) is 24.1. The highest BCUT2D eigenvalue weighted by Gasteiger charge is 2.35. The molecule has 3 aromatic carbocycles. The van der Waals surface area contributed by atoms with Crippen LogP contribution in [-0.4, -0.2) is 9.13 Å². The summed E-state index contributed by atoms with van der Waals surface area (Å²) in [6.07, 6.45) is 15.2. The number of benzene rings is 3. The Morgan fingerprint density at radius 1 is 0.698 bits per heavy atom. The molecule has 206 valence electrons. The number of hydrogen-bond donors (Lipinski definition) is 0. The van der Waals surface area contributed by atoms with Gasteiger partial charge in [-0.1, -0.05) is 79.7 Å². The Hall–Kier alpha value is -5.32. The predicted octanol–water partition coefficient (Wildman–Crippen LogP) is 9.12. The highest BCUT2D eigenvalue weighted by molar-refractivity contribution is 6.09. The maximum Gasteiger partial charge on any atom is 0.102 e. The summed E-state index contributed by atoms with van der Waals surface area (Å²) in [4.78, 5) is 0. The van der Waals surface area contributed by atoms with Gasteiger partial charge in [0.1, 0.15) is 6.07 Å². The molecule has 0 fully saturated rings. The number of nitriles is 2. The summed E-state index contributed by atoms with van der Waals surface area (Å²) in [6, 6.07) is 30.6. The first-order valence-electron chi connectivity index (χ1n) is 15.1. The highest BCUT2D eigenvalue weighted by Crippen LogP contribution is 2.46. The molecule has 0 saturated carbocycles. The molecule has 8 rings (SSSR count). The molecule has 2 atom stereocenters. The molecule has 0 saturated heterocycles. The van der Waals surface area contributed by atoms with E-state index in [1.807, 2.05) is 0 Å². The molecule has 2 heterocycles. The average molecular weight is 555 g/mol. The Kier molecular flexibility index (Phi) is 5.85. The van der Waals surface area contributed by atoms with Crippen molar-refractivity contribution in [3.05, 3.63) is 130 Å². The molecule has 0 N–H and O–H groups in total. The van der Waals surface area contributed by atoms with Crippen LogP contribution in [0.15, 0.2) is 102 Å². The number of nitrogens with zero attached hydrogens (tertiary/aromatic N) is 4. The Bertz CT molecular complexity index is 2090. The van der Waals surface area contributed by atoms with Crippen LogP contribution in [0.1, 0.15) is 53.8 Å². The van der Waals surface area contributed by atoms with E-state index in [0.29, 0.717) is 11.1 Å². The summed E-state index contributed by atoms with van der Waals surface area (Å²) >= 11 is 0. The van der Waals surface area contributed by atoms with Crippen LogP contribution in [0.4, 0.5) is 0 Å². The second kappa shape index (κ2) is 9.90. The van der Waals surface area contributed by atoms with Crippen LogP contribution in [0.2, 0.25) is 0 Å². The largest absolute Gasteiger partial charge is 0.309 e. The fraction of sp³-hybridized carbons (Fsp3) is 0.179. The summed E-state index contributed by atoms with van der Waals surface area (Å²) in [7, 11) is 0. The lowest BCUT2D eigenvalue weighted by Gasteiger charge is -2.31. The topological polar surface area (TPSA) is 57.4 Å². The Balaban J connectivity index is 1.40. The van der Waals surface area contributed by atoms with E-state index in [1.165, 1.54) is 21.9 Å². The second-order valence-electron chi connectivity index (χ2n) is 11.8. The minimum Gasteiger partial charge on any atom is -0.309 e. The van der Waals surface area contributed by atoms with Crippen LogP contribution in [0.5, 0.6) is 0 Å². The van der Waals surface area contributed by atoms with Gasteiger partial charge in [-0.15, -0.1) is 0 Å². The maximum atomic E-state index is 10.5. The molecule has 0 bridgehead atoms. The third-order valence-corrected chi connectivity index (χ3v) is 9.58. The lowest BCUT2D eigenvalue weighted by Crippen LogP contribution is -2.21. The van der Waals surface area contributed by atoms with Crippen molar-refractivity contribution in [1.82, 2.24) is 9.13 Å². The molecule has 0 amide bonds. The van der Waals surface area contributed by atoms with Crippen molar-refractivity contribution in [2.75, 3.05) is 0 Å². The molecule has 4 nitrogen and oxygen atoms in total. The van der Waals surface area contributed by atoms with E-state index in [-0.39, 0.29) is 11.8 Å². The van der Waals surface area contributed by atoms with Crippen molar-refractivity contribution in [2.45, 2.75) is 38.5 Å². The van der Waals surface area contributed by atoms with Crippen LogP contribution in [0.3, 0.4) is 0 Å². The van der Waals surface area contributed by atoms with Gasteiger partial charge < -0.3 is 9.13 Å². The first kappa shape index (κ1) is 25.4. The summed E-state index contributed by atoms with van der Waals surface area (Å²) in [5, 5.41) is 23.5. The molecular weight excluding hydrogens is 524 g/mol. The van der Waals surface area contributed by atoms with Gasteiger partial charge in [0.05, 0.1) is 33.9 Å². The van der Waals surface area contributed by atoms with Gasteiger partial charge in [0, 0.05) is 39.7 Å². The molecule has 0 spiro atoms. The van der Waals surface area contributed by atoms with E-state index >= 15 is 0 Å². The first-order valence-corrected chi connectivity index (χ1v) is 15.1. The molecule has 1 unspecified atom stereocenters. The summed E-state index contributed by atoms with van der Waals surface area (Å²) < 4.78 is 4.63. The quantitative estimate of drug-likeness (QED) is 0.223. The van der Waals surface area contributed by atoms with Gasteiger partial charge in [0.15, 0.2) is 0 Å². The number of rotatable bonds is 3. The van der Waals surface area contributed by atoms with Crippen LogP contribution in [0, 0.1) is 28.6 Å². The monoisotopic (exact) mass is 554 g/mol. The van der Waals surface area contributed by atoms with Gasteiger partial charge in [-0.3, -0.25) is 0 Å². The number of allylic oxidation sites excluding steroid dienone is 6. The fourth-order valence-electron chi connectivity index (χ4n) is 7.64. The molecule has 4 heteroatoms. The van der Waals surface area contributed by atoms with E-state index in [0.717, 1.165) is 65.1 Å². The van der Waals surface area contributed by atoms with E-state index in [1.54, 1.807) is 0 Å². The van der Waals surface area contributed by atoms with Crippen LogP contribution < -0.4 is 0 Å². The smallest absolute Gasteiger partial charge is 0.102 e. The molecule has 5 aromatic rings.